The normalized spacial score (nSPS) is 10.9. The van der Waals surface area contributed by atoms with Gasteiger partial charge in [-0.1, -0.05) is 41.9 Å². The smallest absolute Gasteiger partial charge is 0.343 e. The Morgan fingerprint density at radius 3 is 2.44 bits per heavy atom. The lowest BCUT2D eigenvalue weighted by Gasteiger charge is -2.14. The van der Waals surface area contributed by atoms with Crippen LogP contribution in [-0.2, 0) is 4.79 Å². The van der Waals surface area contributed by atoms with Crippen LogP contribution < -0.4 is 19.6 Å². The highest BCUT2D eigenvalue weighted by Gasteiger charge is 2.13. The molecule has 0 fully saturated rings. The molecule has 0 saturated carbocycles. The lowest BCUT2D eigenvalue weighted by atomic mass is 10.0. The monoisotopic (exact) mass is 552 g/mol. The number of hydrazone groups is 1. The minimum Gasteiger partial charge on any atom is -0.494 e. The van der Waals surface area contributed by atoms with Crippen LogP contribution >= 0.6 is 15.9 Å². The van der Waals surface area contributed by atoms with E-state index < -0.39 is 11.9 Å². The van der Waals surface area contributed by atoms with Crippen LogP contribution in [0.5, 0.6) is 17.2 Å². The van der Waals surface area contributed by atoms with Gasteiger partial charge in [-0.25, -0.2) is 10.2 Å². The number of amides is 1. The topological polar surface area (TPSA) is 86.2 Å². The molecule has 0 aromatic heterocycles. The standard InChI is InChI=1S/C28H29BrN2O5/c1-5-34-23-10-7-20(8-11-23)28(33)36-25-13-9-22(29)15-21(25)16-30-31-27(32)17-35-26-14-19(4)6-12-24(26)18(2)3/h6-16,18H,5,17H2,1-4H3,(H,31,32)/b30-16-. The number of hydrogen-bond donors (Lipinski definition) is 1. The Kier molecular flexibility index (Phi) is 9.64. The Hall–Kier alpha value is -3.65. The Morgan fingerprint density at radius 2 is 1.75 bits per heavy atom. The van der Waals surface area contributed by atoms with E-state index in [1.807, 2.05) is 32.0 Å². The molecule has 0 atom stereocenters. The summed E-state index contributed by atoms with van der Waals surface area (Å²) in [4.78, 5) is 24.9. The van der Waals surface area contributed by atoms with Crippen molar-refractivity contribution in [2.24, 2.45) is 5.10 Å². The Morgan fingerprint density at radius 1 is 1.00 bits per heavy atom. The maximum atomic E-state index is 12.6. The summed E-state index contributed by atoms with van der Waals surface area (Å²) in [6, 6.07) is 17.8. The quantitative estimate of drug-likeness (QED) is 0.144. The molecule has 0 radical (unpaired) electrons. The summed E-state index contributed by atoms with van der Waals surface area (Å²) in [5, 5.41) is 4.01. The van der Waals surface area contributed by atoms with E-state index in [0.717, 1.165) is 15.6 Å². The van der Waals surface area contributed by atoms with Crippen molar-refractivity contribution in [3.63, 3.8) is 0 Å². The first-order valence-corrected chi connectivity index (χ1v) is 12.4. The Labute approximate surface area is 219 Å². The van der Waals surface area contributed by atoms with E-state index in [0.29, 0.717) is 35.0 Å². The van der Waals surface area contributed by atoms with Crippen LogP contribution in [0.15, 0.2) is 70.2 Å². The zero-order chi connectivity index (χ0) is 26.1. The SMILES string of the molecule is CCOc1ccc(C(=O)Oc2ccc(Br)cc2/C=N\NC(=O)COc2cc(C)ccc2C(C)C)cc1. The maximum Gasteiger partial charge on any atom is 0.343 e. The van der Waals surface area contributed by atoms with E-state index in [1.54, 1.807) is 42.5 Å². The van der Waals surface area contributed by atoms with Gasteiger partial charge >= 0.3 is 5.97 Å². The van der Waals surface area contributed by atoms with Crippen LogP contribution in [0, 0.1) is 6.92 Å². The minimum absolute atomic E-state index is 0.182. The first-order valence-electron chi connectivity index (χ1n) is 11.6. The fraction of sp³-hybridized carbons (Fsp3) is 0.250. The molecule has 3 rings (SSSR count). The number of carbonyl (C=O) groups excluding carboxylic acids is 2. The van der Waals surface area contributed by atoms with Crippen molar-refractivity contribution in [2.75, 3.05) is 13.2 Å². The molecule has 0 aliphatic carbocycles. The second kappa shape index (κ2) is 12.9. The molecule has 188 valence electrons. The van der Waals surface area contributed by atoms with Crippen molar-refractivity contribution < 1.29 is 23.8 Å². The third-order valence-electron chi connectivity index (χ3n) is 5.12. The fourth-order valence-corrected chi connectivity index (χ4v) is 3.70. The zero-order valence-electron chi connectivity index (χ0n) is 20.7. The summed E-state index contributed by atoms with van der Waals surface area (Å²) in [5.74, 6) is 0.985. The Bertz CT molecular complexity index is 1240. The molecule has 36 heavy (non-hydrogen) atoms. The predicted molar refractivity (Wildman–Crippen MR) is 143 cm³/mol. The predicted octanol–water partition coefficient (Wildman–Crippen LogP) is 6.03. The number of hydrogen-bond acceptors (Lipinski definition) is 6. The first-order chi connectivity index (χ1) is 17.3. The molecular weight excluding hydrogens is 524 g/mol. The second-order valence-corrected chi connectivity index (χ2v) is 9.22. The van der Waals surface area contributed by atoms with Gasteiger partial charge in [0.1, 0.15) is 17.2 Å². The van der Waals surface area contributed by atoms with Crippen LogP contribution in [0.4, 0.5) is 0 Å². The van der Waals surface area contributed by atoms with E-state index in [4.69, 9.17) is 14.2 Å². The van der Waals surface area contributed by atoms with Crippen molar-refractivity contribution in [2.45, 2.75) is 33.6 Å². The van der Waals surface area contributed by atoms with Gasteiger partial charge in [-0.15, -0.1) is 0 Å². The van der Waals surface area contributed by atoms with Gasteiger partial charge in [0.25, 0.3) is 5.91 Å². The number of nitrogens with zero attached hydrogens (tertiary/aromatic N) is 1. The number of aryl methyl sites for hydroxylation is 1. The van der Waals surface area contributed by atoms with Gasteiger partial charge in [-0.2, -0.15) is 5.10 Å². The summed E-state index contributed by atoms with van der Waals surface area (Å²) in [6.07, 6.45) is 1.41. The molecule has 0 aliphatic heterocycles. The van der Waals surface area contributed by atoms with Gasteiger partial charge in [-0.3, -0.25) is 4.79 Å². The van der Waals surface area contributed by atoms with E-state index in [9.17, 15) is 9.59 Å². The molecule has 0 bridgehead atoms. The van der Waals surface area contributed by atoms with Gasteiger partial charge in [0, 0.05) is 10.0 Å². The van der Waals surface area contributed by atoms with Gasteiger partial charge < -0.3 is 14.2 Å². The highest BCUT2D eigenvalue weighted by molar-refractivity contribution is 9.10. The van der Waals surface area contributed by atoms with Crippen LogP contribution in [0.3, 0.4) is 0 Å². The summed E-state index contributed by atoms with van der Waals surface area (Å²) < 4.78 is 17.5. The maximum absolute atomic E-state index is 12.6. The third-order valence-corrected chi connectivity index (χ3v) is 5.61. The molecule has 7 nitrogen and oxygen atoms in total. The molecule has 1 amide bonds. The molecule has 3 aromatic rings. The summed E-state index contributed by atoms with van der Waals surface area (Å²) in [5.41, 5.74) is 5.42. The number of esters is 1. The first kappa shape index (κ1) is 26.9. The minimum atomic E-state index is -0.522. The van der Waals surface area contributed by atoms with Crippen LogP contribution in [-0.4, -0.2) is 31.3 Å². The number of ether oxygens (including phenoxy) is 3. The van der Waals surface area contributed by atoms with Gasteiger partial charge in [0.05, 0.1) is 18.4 Å². The average molecular weight is 553 g/mol. The summed E-state index contributed by atoms with van der Waals surface area (Å²) in [7, 11) is 0. The van der Waals surface area contributed by atoms with Crippen LogP contribution in [0.1, 0.15) is 53.7 Å². The van der Waals surface area contributed by atoms with E-state index in [2.05, 4.69) is 40.3 Å². The lowest BCUT2D eigenvalue weighted by molar-refractivity contribution is -0.123. The molecule has 0 heterocycles. The third kappa shape index (κ3) is 7.68. The van der Waals surface area contributed by atoms with Crippen molar-refractivity contribution in [1.29, 1.82) is 0 Å². The van der Waals surface area contributed by atoms with E-state index in [-0.39, 0.29) is 12.5 Å². The largest absolute Gasteiger partial charge is 0.494 e. The lowest BCUT2D eigenvalue weighted by Crippen LogP contribution is -2.25. The number of carbonyl (C=O) groups is 2. The molecule has 0 unspecified atom stereocenters. The molecule has 1 N–H and O–H groups in total. The summed E-state index contributed by atoms with van der Waals surface area (Å²) >= 11 is 3.40. The fourth-order valence-electron chi connectivity index (χ4n) is 3.32. The van der Waals surface area contributed by atoms with Crippen molar-refractivity contribution >= 4 is 34.0 Å². The van der Waals surface area contributed by atoms with Crippen molar-refractivity contribution in [3.8, 4) is 17.2 Å². The number of benzene rings is 3. The van der Waals surface area contributed by atoms with Crippen molar-refractivity contribution in [1.82, 2.24) is 5.43 Å². The van der Waals surface area contributed by atoms with E-state index in [1.165, 1.54) is 6.21 Å². The van der Waals surface area contributed by atoms with Gasteiger partial charge in [-0.05, 0) is 79.4 Å². The highest BCUT2D eigenvalue weighted by Crippen LogP contribution is 2.27. The molecule has 8 heteroatoms. The van der Waals surface area contributed by atoms with Crippen molar-refractivity contribution in [3.05, 3.63) is 87.4 Å². The summed E-state index contributed by atoms with van der Waals surface area (Å²) in [6.45, 7) is 8.36. The second-order valence-electron chi connectivity index (χ2n) is 8.31. The number of rotatable bonds is 10. The van der Waals surface area contributed by atoms with E-state index >= 15 is 0 Å². The number of halogens is 1. The molecular formula is C28H29BrN2O5. The van der Waals surface area contributed by atoms with Gasteiger partial charge in [0.15, 0.2) is 6.61 Å². The van der Waals surface area contributed by atoms with Crippen LogP contribution in [0.2, 0.25) is 0 Å². The van der Waals surface area contributed by atoms with Crippen LogP contribution in [0.25, 0.3) is 0 Å². The average Bonchev–Trinajstić information content (AvgIpc) is 2.84. The molecule has 0 saturated heterocycles. The molecule has 0 aliphatic rings. The highest BCUT2D eigenvalue weighted by atomic mass is 79.9. The zero-order valence-corrected chi connectivity index (χ0v) is 22.3. The number of nitrogens with one attached hydrogen (secondary N) is 1. The Balaban J connectivity index is 1.63. The molecule has 0 spiro atoms. The van der Waals surface area contributed by atoms with Gasteiger partial charge in [0.2, 0.25) is 0 Å². The molecule has 3 aromatic carbocycles.